The lowest BCUT2D eigenvalue weighted by atomic mass is 9.86. The molecule has 7 rings (SSSR count). The maximum Gasteiger partial charge on any atom is 0.410 e. The van der Waals surface area contributed by atoms with E-state index in [0.717, 1.165) is 24.0 Å². The van der Waals surface area contributed by atoms with Crippen LogP contribution >= 0.6 is 0 Å². The molecule has 1 atom stereocenters. The smallest absolute Gasteiger partial charge is 0.410 e. The molecule has 0 aliphatic carbocycles. The zero-order valence-corrected chi connectivity index (χ0v) is 27.2. The second kappa shape index (κ2) is 12.2. The average molecular weight is 640 g/mol. The van der Waals surface area contributed by atoms with E-state index in [1.807, 2.05) is 57.2 Å². The number of benzene rings is 2. The highest BCUT2D eigenvalue weighted by molar-refractivity contribution is 6.08. The van der Waals surface area contributed by atoms with Crippen LogP contribution in [0.3, 0.4) is 0 Å². The Hall–Kier alpha value is -4.57. The second-order valence-corrected chi connectivity index (χ2v) is 13.4. The van der Waals surface area contributed by atoms with Gasteiger partial charge in [0.25, 0.3) is 0 Å². The minimum atomic E-state index is -2.49. The molecule has 2 aromatic carbocycles. The highest BCUT2D eigenvalue weighted by Crippen LogP contribution is 2.43. The van der Waals surface area contributed by atoms with E-state index >= 15 is 4.39 Å². The van der Waals surface area contributed by atoms with E-state index in [1.54, 1.807) is 24.2 Å². The third-order valence-electron chi connectivity index (χ3n) is 9.18. The van der Waals surface area contributed by atoms with Crippen LogP contribution < -0.4 is 0 Å². The predicted molar refractivity (Wildman–Crippen MR) is 180 cm³/mol. The number of amides is 1. The van der Waals surface area contributed by atoms with Gasteiger partial charge in [-0.15, -0.1) is 5.10 Å². The van der Waals surface area contributed by atoms with Gasteiger partial charge in [0.05, 0.1) is 34.0 Å². The molecule has 2 aliphatic heterocycles. The van der Waals surface area contributed by atoms with E-state index in [0.29, 0.717) is 71.5 Å². The van der Waals surface area contributed by atoms with Crippen molar-refractivity contribution in [2.75, 3.05) is 26.3 Å². The number of fused-ring (bicyclic) bond motifs is 3. The average Bonchev–Trinajstić information content (AvgIpc) is 3.64. The number of rotatable bonds is 5. The Labute approximate surface area is 278 Å². The summed E-state index contributed by atoms with van der Waals surface area (Å²) in [4.78, 5) is 19.3. The Bertz CT molecular complexity index is 2090. The molecule has 47 heavy (non-hydrogen) atoms. The fourth-order valence-corrected chi connectivity index (χ4v) is 7.02. The van der Waals surface area contributed by atoms with Crippen LogP contribution in [-0.4, -0.2) is 67.4 Å². The first-order valence-electron chi connectivity index (χ1n) is 17.6. The molecule has 1 saturated heterocycles. The molecule has 0 N–H and O–H groups in total. The molecule has 0 saturated carbocycles. The van der Waals surface area contributed by atoms with Crippen LogP contribution in [0.4, 0.5) is 9.18 Å². The van der Waals surface area contributed by atoms with Crippen LogP contribution in [0.5, 0.6) is 0 Å². The maximum absolute atomic E-state index is 17.4. The number of halogens is 1. The fourth-order valence-electron chi connectivity index (χ4n) is 7.02. The van der Waals surface area contributed by atoms with Gasteiger partial charge in [-0.05, 0) is 76.1 Å². The van der Waals surface area contributed by atoms with Crippen LogP contribution in [0, 0.1) is 18.6 Å². The Morgan fingerprint density at radius 2 is 1.94 bits per heavy atom. The van der Waals surface area contributed by atoms with Crippen LogP contribution in [0.25, 0.3) is 38.8 Å². The zero-order valence-electron chi connectivity index (χ0n) is 30.2. The zero-order chi connectivity index (χ0) is 35.4. The maximum atomic E-state index is 17.4. The van der Waals surface area contributed by atoms with Crippen molar-refractivity contribution in [1.82, 2.24) is 29.4 Å². The van der Waals surface area contributed by atoms with E-state index in [-0.39, 0.29) is 23.5 Å². The number of pyridine rings is 1. The van der Waals surface area contributed by atoms with Gasteiger partial charge in [0.15, 0.2) is 5.82 Å². The molecule has 5 aromatic rings. The minimum Gasteiger partial charge on any atom is -0.444 e. The van der Waals surface area contributed by atoms with Crippen molar-refractivity contribution in [3.8, 4) is 11.3 Å². The van der Waals surface area contributed by atoms with Crippen molar-refractivity contribution in [2.24, 2.45) is 13.0 Å². The number of aromatic nitrogens is 5. The Kier molecular flexibility index (Phi) is 7.16. The highest BCUT2D eigenvalue weighted by Gasteiger charge is 2.33. The van der Waals surface area contributed by atoms with Crippen molar-refractivity contribution >= 4 is 33.6 Å². The molecule has 0 unspecified atom stereocenters. The van der Waals surface area contributed by atoms with Crippen molar-refractivity contribution in [1.29, 1.82) is 0 Å². The van der Waals surface area contributed by atoms with Crippen LogP contribution in [0.2, 0.25) is 0 Å². The van der Waals surface area contributed by atoms with Gasteiger partial charge in [-0.1, -0.05) is 47.7 Å². The van der Waals surface area contributed by atoms with E-state index in [2.05, 4.69) is 27.0 Å². The lowest BCUT2D eigenvalue weighted by Gasteiger charge is -2.33. The van der Waals surface area contributed by atoms with Gasteiger partial charge in [-0.3, -0.25) is 4.98 Å². The molecule has 244 valence electrons. The minimum absolute atomic E-state index is 0.119. The van der Waals surface area contributed by atoms with E-state index in [4.69, 9.17) is 18.6 Å². The summed E-state index contributed by atoms with van der Waals surface area (Å²) < 4.78 is 56.6. The first kappa shape index (κ1) is 27.5. The number of ether oxygens (including phenoxy) is 2. The summed E-state index contributed by atoms with van der Waals surface area (Å²) >= 11 is 0. The molecule has 1 fully saturated rings. The van der Waals surface area contributed by atoms with E-state index in [9.17, 15) is 4.79 Å². The number of hydrogen-bond acceptors (Lipinski definition) is 6. The Morgan fingerprint density at radius 3 is 2.64 bits per heavy atom. The molecule has 0 radical (unpaired) electrons. The van der Waals surface area contributed by atoms with Gasteiger partial charge < -0.3 is 18.9 Å². The topological polar surface area (TPSA) is 87.3 Å². The summed E-state index contributed by atoms with van der Waals surface area (Å²) in [5, 5.41) is 8.67. The lowest BCUT2D eigenvalue weighted by Crippen LogP contribution is -2.39. The first-order valence-corrected chi connectivity index (χ1v) is 16.1. The molecule has 10 heteroatoms. The van der Waals surface area contributed by atoms with Gasteiger partial charge in [-0.25, -0.2) is 13.9 Å². The molecule has 2 aliphatic rings. The Morgan fingerprint density at radius 1 is 1.15 bits per heavy atom. The molecular formula is C37H41FN6O3. The first-order chi connectivity index (χ1) is 23.8. The largest absolute Gasteiger partial charge is 0.444 e. The lowest BCUT2D eigenvalue weighted by molar-refractivity contribution is 0.0270. The van der Waals surface area contributed by atoms with Gasteiger partial charge >= 0.3 is 6.09 Å². The van der Waals surface area contributed by atoms with Gasteiger partial charge in [-0.2, -0.15) is 0 Å². The highest BCUT2D eigenvalue weighted by atomic mass is 19.1. The van der Waals surface area contributed by atoms with Crippen molar-refractivity contribution in [3.05, 3.63) is 83.4 Å². The SMILES string of the molecule is [2H]C([2H])([2H])c1nnn(C)c1-c1cnc2c3ccc(C4=CCN(C(=O)OC(C)(C)C)CC4)c(F)c3n([C@H](c3ccccc3)C3CCOCC3)c2c1. The fraction of sp³-hybridized carbons (Fsp3) is 0.405. The molecule has 5 heterocycles. The molecule has 9 nitrogen and oxygen atoms in total. The van der Waals surface area contributed by atoms with Crippen LogP contribution in [-0.2, 0) is 16.5 Å². The third-order valence-corrected chi connectivity index (χ3v) is 9.18. The normalized spacial score (nSPS) is 18.1. The molecule has 3 aromatic heterocycles. The van der Waals surface area contributed by atoms with E-state index < -0.39 is 18.5 Å². The molecular weight excluding hydrogens is 595 g/mol. The number of nitrogens with zero attached hydrogens (tertiary/aromatic N) is 6. The summed E-state index contributed by atoms with van der Waals surface area (Å²) in [6.07, 6.45) is 5.17. The quantitative estimate of drug-likeness (QED) is 0.198. The van der Waals surface area contributed by atoms with Crippen molar-refractivity contribution < 1.29 is 22.8 Å². The molecule has 1 amide bonds. The summed E-state index contributed by atoms with van der Waals surface area (Å²) in [6.45, 7) is 4.94. The number of carbonyl (C=O) groups is 1. The van der Waals surface area contributed by atoms with Crippen LogP contribution in [0.1, 0.15) is 67.0 Å². The monoisotopic (exact) mass is 639 g/mol. The van der Waals surface area contributed by atoms with Crippen molar-refractivity contribution in [2.45, 2.75) is 58.5 Å². The van der Waals surface area contributed by atoms with Gasteiger partial charge in [0, 0.05) is 60.2 Å². The summed E-state index contributed by atoms with van der Waals surface area (Å²) in [5.74, 6) is -0.235. The Balaban J connectivity index is 1.44. The van der Waals surface area contributed by atoms with Gasteiger partial charge in [0.2, 0.25) is 0 Å². The van der Waals surface area contributed by atoms with Crippen molar-refractivity contribution in [3.63, 3.8) is 0 Å². The number of hydrogen-bond donors (Lipinski definition) is 0. The third kappa shape index (κ3) is 5.79. The number of carbonyl (C=O) groups excluding carboxylic acids is 1. The van der Waals surface area contributed by atoms with Gasteiger partial charge in [0.1, 0.15) is 5.60 Å². The predicted octanol–water partition coefficient (Wildman–Crippen LogP) is 7.47. The van der Waals surface area contributed by atoms with E-state index in [1.165, 1.54) is 4.68 Å². The number of aryl methyl sites for hydroxylation is 2. The second-order valence-electron chi connectivity index (χ2n) is 13.4. The molecule has 0 bridgehead atoms. The summed E-state index contributed by atoms with van der Waals surface area (Å²) in [5.41, 5.74) is 4.18. The summed E-state index contributed by atoms with van der Waals surface area (Å²) in [6, 6.07) is 15.5. The standard InChI is InChI=1S/C37H41FN6O3/c1-23-33(42(5)41-40-23)27-21-30-32(39-22-27)29-12-11-28(24-13-17-43(18-14-24)36(45)47-37(2,3)4)31(38)35(29)44(30)34(25-9-7-6-8-10-25)26-15-19-46-20-16-26/h6-13,21-22,26,34H,14-20H2,1-5H3/t34-/m1/s1/i1D3. The van der Waals surface area contributed by atoms with Crippen LogP contribution in [0.15, 0.2) is 60.8 Å². The summed E-state index contributed by atoms with van der Waals surface area (Å²) in [7, 11) is 1.65. The molecule has 0 spiro atoms.